The number of para-hydroxylation sites is 1. The molecule has 0 aliphatic heterocycles. The van der Waals surface area contributed by atoms with E-state index in [9.17, 15) is 4.79 Å². The Kier molecular flexibility index (Phi) is 4.52. The molecule has 30 heavy (non-hydrogen) atoms. The first-order chi connectivity index (χ1) is 14.8. The number of aryl methyl sites for hydroxylation is 2. The molecule has 3 aromatic carbocycles. The average molecular weight is 396 g/mol. The Bertz CT molecular complexity index is 1390. The van der Waals surface area contributed by atoms with Crippen LogP contribution < -0.4 is 10.3 Å². The molecule has 0 unspecified atom stereocenters. The number of ether oxygens (including phenoxy) is 1. The average Bonchev–Trinajstić information content (AvgIpc) is 3.25. The Balaban J connectivity index is 1.71. The zero-order valence-corrected chi connectivity index (χ0v) is 16.5. The number of methoxy groups -OCH3 is 1. The van der Waals surface area contributed by atoms with E-state index in [2.05, 4.69) is 22.3 Å². The van der Waals surface area contributed by atoms with Gasteiger partial charge in [0.05, 0.1) is 18.0 Å². The van der Waals surface area contributed by atoms with E-state index in [4.69, 9.17) is 4.74 Å². The SMILES string of the molecule is COc1ccc(-c2nnc3n(CCc4ccccc4)c(=O)c4ccccc4n23)cc1. The van der Waals surface area contributed by atoms with Gasteiger partial charge in [-0.05, 0) is 48.4 Å². The molecule has 0 spiro atoms. The monoisotopic (exact) mass is 396 g/mol. The van der Waals surface area contributed by atoms with Crippen molar-refractivity contribution in [1.82, 2.24) is 19.2 Å². The second kappa shape index (κ2) is 7.48. The van der Waals surface area contributed by atoms with Crippen molar-refractivity contribution in [3.05, 3.63) is 94.8 Å². The molecule has 0 atom stereocenters. The van der Waals surface area contributed by atoms with E-state index < -0.39 is 0 Å². The third kappa shape index (κ3) is 3.03. The van der Waals surface area contributed by atoms with Gasteiger partial charge in [0.15, 0.2) is 5.82 Å². The van der Waals surface area contributed by atoms with Crippen LogP contribution in [0.2, 0.25) is 0 Å². The smallest absolute Gasteiger partial charge is 0.262 e. The highest BCUT2D eigenvalue weighted by Gasteiger charge is 2.17. The minimum atomic E-state index is -0.0530. The molecule has 0 bridgehead atoms. The van der Waals surface area contributed by atoms with Gasteiger partial charge in [0.2, 0.25) is 5.78 Å². The summed E-state index contributed by atoms with van der Waals surface area (Å²) >= 11 is 0. The van der Waals surface area contributed by atoms with Crippen molar-refractivity contribution in [2.45, 2.75) is 13.0 Å². The zero-order valence-electron chi connectivity index (χ0n) is 16.5. The molecule has 0 amide bonds. The number of fused-ring (bicyclic) bond motifs is 3. The van der Waals surface area contributed by atoms with E-state index in [1.165, 1.54) is 5.56 Å². The second-order valence-corrected chi connectivity index (χ2v) is 7.10. The summed E-state index contributed by atoms with van der Waals surface area (Å²) in [5.74, 6) is 2.01. The van der Waals surface area contributed by atoms with Crippen molar-refractivity contribution in [3.63, 3.8) is 0 Å². The Morgan fingerprint density at radius 2 is 1.60 bits per heavy atom. The summed E-state index contributed by atoms with van der Waals surface area (Å²) in [5.41, 5.74) is 2.82. The maximum atomic E-state index is 13.3. The summed E-state index contributed by atoms with van der Waals surface area (Å²) < 4.78 is 8.94. The van der Waals surface area contributed by atoms with Crippen LogP contribution in [0.25, 0.3) is 28.1 Å². The lowest BCUT2D eigenvalue weighted by molar-refractivity contribution is 0.415. The highest BCUT2D eigenvalue weighted by molar-refractivity contribution is 5.82. The Hall–Kier alpha value is -3.93. The van der Waals surface area contributed by atoms with Crippen LogP contribution in [-0.2, 0) is 13.0 Å². The van der Waals surface area contributed by atoms with Crippen molar-refractivity contribution in [3.8, 4) is 17.1 Å². The number of aromatic nitrogens is 4. The Morgan fingerprint density at radius 3 is 2.37 bits per heavy atom. The minimum Gasteiger partial charge on any atom is -0.497 e. The Morgan fingerprint density at radius 1 is 0.867 bits per heavy atom. The molecule has 2 heterocycles. The van der Waals surface area contributed by atoms with Gasteiger partial charge in [-0.1, -0.05) is 42.5 Å². The molecule has 0 saturated heterocycles. The van der Waals surface area contributed by atoms with Gasteiger partial charge in [-0.25, -0.2) is 0 Å². The minimum absolute atomic E-state index is 0.0530. The molecule has 6 heteroatoms. The summed E-state index contributed by atoms with van der Waals surface area (Å²) in [6, 6.07) is 25.4. The van der Waals surface area contributed by atoms with Crippen LogP contribution in [0, 0.1) is 0 Å². The molecule has 0 saturated carbocycles. The van der Waals surface area contributed by atoms with Crippen LogP contribution in [0.15, 0.2) is 83.7 Å². The lowest BCUT2D eigenvalue weighted by atomic mass is 10.1. The van der Waals surface area contributed by atoms with Gasteiger partial charge in [0.1, 0.15) is 5.75 Å². The second-order valence-electron chi connectivity index (χ2n) is 7.10. The third-order valence-corrected chi connectivity index (χ3v) is 5.32. The Labute approximate surface area is 173 Å². The highest BCUT2D eigenvalue weighted by Crippen LogP contribution is 2.24. The lowest BCUT2D eigenvalue weighted by Gasteiger charge is -2.11. The third-order valence-electron chi connectivity index (χ3n) is 5.32. The molecule has 0 N–H and O–H groups in total. The van der Waals surface area contributed by atoms with E-state index in [0.717, 1.165) is 23.3 Å². The first-order valence-corrected chi connectivity index (χ1v) is 9.81. The highest BCUT2D eigenvalue weighted by atomic mass is 16.5. The predicted octanol–water partition coefficient (Wildman–Crippen LogP) is 3.96. The molecule has 5 rings (SSSR count). The molecule has 0 aliphatic rings. The fourth-order valence-electron chi connectivity index (χ4n) is 3.77. The summed E-state index contributed by atoms with van der Waals surface area (Å²) in [5, 5.41) is 9.49. The molecule has 0 radical (unpaired) electrons. The van der Waals surface area contributed by atoms with Gasteiger partial charge in [-0.3, -0.25) is 13.8 Å². The molecular weight excluding hydrogens is 376 g/mol. The van der Waals surface area contributed by atoms with Crippen LogP contribution >= 0.6 is 0 Å². The van der Waals surface area contributed by atoms with Gasteiger partial charge in [-0.15, -0.1) is 10.2 Å². The normalized spacial score (nSPS) is 11.2. The topological polar surface area (TPSA) is 61.4 Å². The molecule has 6 nitrogen and oxygen atoms in total. The molecule has 148 valence electrons. The first-order valence-electron chi connectivity index (χ1n) is 9.81. The number of hydrogen-bond acceptors (Lipinski definition) is 4. The zero-order chi connectivity index (χ0) is 20.5. The standard InChI is InChI=1S/C24H20N4O2/c1-30-19-13-11-18(12-14-19)22-25-26-24-27(16-15-17-7-3-2-4-8-17)23(29)20-9-5-6-10-21(20)28(22)24/h2-14H,15-16H2,1H3. The summed E-state index contributed by atoms with van der Waals surface area (Å²) in [4.78, 5) is 13.3. The van der Waals surface area contributed by atoms with Gasteiger partial charge in [0, 0.05) is 12.1 Å². The van der Waals surface area contributed by atoms with Gasteiger partial charge >= 0.3 is 0 Å². The summed E-state index contributed by atoms with van der Waals surface area (Å²) in [7, 11) is 1.64. The van der Waals surface area contributed by atoms with Crippen LogP contribution in [0.3, 0.4) is 0 Å². The quantitative estimate of drug-likeness (QED) is 0.451. The first kappa shape index (κ1) is 18.1. The maximum absolute atomic E-state index is 13.3. The molecule has 0 fully saturated rings. The molecule has 2 aromatic heterocycles. The number of nitrogens with zero attached hydrogens (tertiary/aromatic N) is 4. The predicted molar refractivity (Wildman–Crippen MR) is 117 cm³/mol. The van der Waals surface area contributed by atoms with Gasteiger partial charge < -0.3 is 4.74 Å². The maximum Gasteiger partial charge on any atom is 0.262 e. The van der Waals surface area contributed by atoms with Crippen molar-refractivity contribution < 1.29 is 4.74 Å². The van der Waals surface area contributed by atoms with Gasteiger partial charge in [0.25, 0.3) is 5.56 Å². The van der Waals surface area contributed by atoms with E-state index in [1.807, 2.05) is 71.1 Å². The van der Waals surface area contributed by atoms with Gasteiger partial charge in [-0.2, -0.15) is 0 Å². The number of benzene rings is 3. The fraction of sp³-hybridized carbons (Fsp3) is 0.125. The van der Waals surface area contributed by atoms with Crippen LogP contribution in [0.4, 0.5) is 0 Å². The molecule has 0 aliphatic carbocycles. The number of hydrogen-bond donors (Lipinski definition) is 0. The molecule has 5 aromatic rings. The van der Waals surface area contributed by atoms with E-state index in [-0.39, 0.29) is 5.56 Å². The van der Waals surface area contributed by atoms with E-state index in [0.29, 0.717) is 23.5 Å². The van der Waals surface area contributed by atoms with E-state index in [1.54, 1.807) is 11.7 Å². The largest absolute Gasteiger partial charge is 0.497 e. The van der Waals surface area contributed by atoms with Crippen LogP contribution in [0.1, 0.15) is 5.56 Å². The lowest BCUT2D eigenvalue weighted by Crippen LogP contribution is -2.24. The van der Waals surface area contributed by atoms with Crippen LogP contribution in [-0.4, -0.2) is 26.3 Å². The van der Waals surface area contributed by atoms with Crippen molar-refractivity contribution in [2.24, 2.45) is 0 Å². The molecular formula is C24H20N4O2. The summed E-state index contributed by atoms with van der Waals surface area (Å²) in [6.45, 7) is 0.526. The van der Waals surface area contributed by atoms with Crippen molar-refractivity contribution in [2.75, 3.05) is 7.11 Å². The fourth-order valence-corrected chi connectivity index (χ4v) is 3.77. The van der Waals surface area contributed by atoms with Crippen LogP contribution in [0.5, 0.6) is 5.75 Å². The van der Waals surface area contributed by atoms with E-state index >= 15 is 0 Å². The number of rotatable bonds is 5. The van der Waals surface area contributed by atoms with Crippen molar-refractivity contribution >= 4 is 16.7 Å². The van der Waals surface area contributed by atoms with Crippen molar-refractivity contribution in [1.29, 1.82) is 0 Å². The summed E-state index contributed by atoms with van der Waals surface area (Å²) in [6.07, 6.45) is 0.736.